The summed E-state index contributed by atoms with van der Waals surface area (Å²) in [4.78, 5) is 6.27. The van der Waals surface area contributed by atoms with Crippen LogP contribution in [-0.2, 0) is 6.54 Å². The van der Waals surface area contributed by atoms with E-state index < -0.39 is 0 Å². The number of hydrogen-bond donors (Lipinski definition) is 0. The first-order valence-electron chi connectivity index (χ1n) is 5.79. The van der Waals surface area contributed by atoms with Crippen molar-refractivity contribution in [1.82, 2.24) is 9.88 Å². The summed E-state index contributed by atoms with van der Waals surface area (Å²) in [5.41, 5.74) is 1.16. The summed E-state index contributed by atoms with van der Waals surface area (Å²) < 4.78 is 5.37. The van der Waals surface area contributed by atoms with Crippen LogP contribution in [0.4, 0.5) is 0 Å². The SMILES string of the molecule is C[C@H](c1cccnc1)N(C)Cc1ccc(C#N)o1. The molecule has 92 valence electrons. The molecule has 4 heteroatoms. The third kappa shape index (κ3) is 2.76. The number of nitriles is 1. The molecule has 0 aliphatic heterocycles. The summed E-state index contributed by atoms with van der Waals surface area (Å²) in [5.74, 6) is 1.15. The van der Waals surface area contributed by atoms with E-state index in [1.807, 2.05) is 31.4 Å². The molecular weight excluding hydrogens is 226 g/mol. The van der Waals surface area contributed by atoms with Crippen molar-refractivity contribution < 1.29 is 4.42 Å². The molecule has 2 rings (SSSR count). The lowest BCUT2D eigenvalue weighted by Gasteiger charge is -2.23. The van der Waals surface area contributed by atoms with Gasteiger partial charge in [0.1, 0.15) is 11.8 Å². The highest BCUT2D eigenvalue weighted by molar-refractivity contribution is 5.19. The smallest absolute Gasteiger partial charge is 0.203 e. The van der Waals surface area contributed by atoms with Crippen molar-refractivity contribution in [3.05, 3.63) is 53.7 Å². The Labute approximate surface area is 106 Å². The fourth-order valence-electron chi connectivity index (χ4n) is 1.78. The van der Waals surface area contributed by atoms with Gasteiger partial charge in [-0.15, -0.1) is 0 Å². The van der Waals surface area contributed by atoms with Gasteiger partial charge in [-0.1, -0.05) is 6.07 Å². The Morgan fingerprint density at radius 2 is 2.28 bits per heavy atom. The summed E-state index contributed by atoms with van der Waals surface area (Å²) in [5, 5.41) is 8.71. The van der Waals surface area contributed by atoms with Gasteiger partial charge in [-0.2, -0.15) is 5.26 Å². The minimum Gasteiger partial charge on any atom is -0.449 e. The Balaban J connectivity index is 2.04. The molecule has 2 aromatic heterocycles. The molecule has 1 atom stereocenters. The molecule has 0 aliphatic carbocycles. The Bertz CT molecular complexity index is 542. The molecule has 0 amide bonds. The monoisotopic (exact) mass is 241 g/mol. The molecule has 2 heterocycles. The summed E-state index contributed by atoms with van der Waals surface area (Å²) >= 11 is 0. The lowest BCUT2D eigenvalue weighted by Crippen LogP contribution is -2.21. The van der Waals surface area contributed by atoms with Gasteiger partial charge in [0, 0.05) is 18.4 Å². The van der Waals surface area contributed by atoms with Gasteiger partial charge in [0.15, 0.2) is 0 Å². The second-order valence-electron chi connectivity index (χ2n) is 4.26. The van der Waals surface area contributed by atoms with Crippen LogP contribution in [0.25, 0.3) is 0 Å². The number of pyridine rings is 1. The summed E-state index contributed by atoms with van der Waals surface area (Å²) in [6.07, 6.45) is 3.63. The Hall–Kier alpha value is -2.12. The molecule has 0 N–H and O–H groups in total. The first kappa shape index (κ1) is 12.3. The molecule has 2 aromatic rings. The maximum atomic E-state index is 8.71. The quantitative estimate of drug-likeness (QED) is 0.825. The predicted octanol–water partition coefficient (Wildman–Crippen LogP) is 2.74. The molecule has 4 nitrogen and oxygen atoms in total. The zero-order valence-corrected chi connectivity index (χ0v) is 10.5. The van der Waals surface area contributed by atoms with E-state index in [2.05, 4.69) is 22.9 Å². The minimum atomic E-state index is 0.245. The molecule has 0 aromatic carbocycles. The number of aromatic nitrogens is 1. The fourth-order valence-corrected chi connectivity index (χ4v) is 1.78. The van der Waals surface area contributed by atoms with E-state index >= 15 is 0 Å². The standard InChI is InChI=1S/C14H15N3O/c1-11(12-4-3-7-16-9-12)17(2)10-14-6-5-13(8-15)18-14/h3-7,9,11H,10H2,1-2H3/t11-/m1/s1. The van der Waals surface area contributed by atoms with Gasteiger partial charge in [-0.25, -0.2) is 0 Å². The minimum absolute atomic E-state index is 0.245. The molecule has 0 fully saturated rings. The van der Waals surface area contributed by atoms with Crippen molar-refractivity contribution in [3.8, 4) is 6.07 Å². The van der Waals surface area contributed by atoms with Crippen LogP contribution in [0.2, 0.25) is 0 Å². The highest BCUT2D eigenvalue weighted by Crippen LogP contribution is 2.20. The number of furan rings is 1. The second kappa shape index (κ2) is 5.48. The first-order chi connectivity index (χ1) is 8.70. The molecule has 0 saturated heterocycles. The molecule has 0 saturated carbocycles. The molecule has 0 unspecified atom stereocenters. The third-order valence-electron chi connectivity index (χ3n) is 3.01. The largest absolute Gasteiger partial charge is 0.449 e. The molecule has 0 aliphatic rings. The number of nitrogens with zero attached hydrogens (tertiary/aromatic N) is 3. The van der Waals surface area contributed by atoms with Gasteiger partial charge in [0.25, 0.3) is 0 Å². The highest BCUT2D eigenvalue weighted by atomic mass is 16.3. The van der Waals surface area contributed by atoms with Crippen molar-refractivity contribution in [2.45, 2.75) is 19.5 Å². The van der Waals surface area contributed by atoms with Crippen LogP contribution in [0, 0.1) is 11.3 Å². The van der Waals surface area contributed by atoms with Gasteiger partial charge >= 0.3 is 0 Å². The van der Waals surface area contributed by atoms with Crippen LogP contribution in [0.3, 0.4) is 0 Å². The molecule has 0 radical (unpaired) electrons. The molecular formula is C14H15N3O. The van der Waals surface area contributed by atoms with Crippen LogP contribution in [0.15, 0.2) is 41.1 Å². The third-order valence-corrected chi connectivity index (χ3v) is 3.01. The molecule has 0 bridgehead atoms. The summed E-state index contributed by atoms with van der Waals surface area (Å²) in [6.45, 7) is 2.78. The Kier molecular flexibility index (Phi) is 3.75. The van der Waals surface area contributed by atoms with Crippen molar-refractivity contribution in [2.75, 3.05) is 7.05 Å². The summed E-state index contributed by atoms with van der Waals surface area (Å²) in [7, 11) is 2.02. The van der Waals surface area contributed by atoms with Crippen LogP contribution >= 0.6 is 0 Å². The average Bonchev–Trinajstić information content (AvgIpc) is 2.86. The van der Waals surface area contributed by atoms with E-state index in [1.54, 1.807) is 12.3 Å². The molecule has 0 spiro atoms. The van der Waals surface area contributed by atoms with E-state index in [0.717, 1.165) is 11.3 Å². The van der Waals surface area contributed by atoms with Gasteiger partial charge in [0.05, 0.1) is 6.54 Å². The lowest BCUT2D eigenvalue weighted by atomic mass is 10.1. The Morgan fingerprint density at radius 1 is 1.44 bits per heavy atom. The van der Waals surface area contributed by atoms with Crippen molar-refractivity contribution >= 4 is 0 Å². The first-order valence-corrected chi connectivity index (χ1v) is 5.79. The zero-order valence-electron chi connectivity index (χ0n) is 10.5. The van der Waals surface area contributed by atoms with Gasteiger partial charge in [-0.05, 0) is 37.7 Å². The van der Waals surface area contributed by atoms with E-state index in [0.29, 0.717) is 12.3 Å². The average molecular weight is 241 g/mol. The van der Waals surface area contributed by atoms with E-state index in [1.165, 1.54) is 0 Å². The van der Waals surface area contributed by atoms with Gasteiger partial charge in [0.2, 0.25) is 5.76 Å². The number of hydrogen-bond acceptors (Lipinski definition) is 4. The van der Waals surface area contributed by atoms with Crippen molar-refractivity contribution in [3.63, 3.8) is 0 Å². The highest BCUT2D eigenvalue weighted by Gasteiger charge is 2.13. The topological polar surface area (TPSA) is 53.1 Å². The van der Waals surface area contributed by atoms with E-state index in [9.17, 15) is 0 Å². The van der Waals surface area contributed by atoms with Crippen LogP contribution in [0.1, 0.15) is 30.0 Å². The van der Waals surface area contributed by atoms with Crippen molar-refractivity contribution in [1.29, 1.82) is 5.26 Å². The predicted molar refractivity (Wildman–Crippen MR) is 67.5 cm³/mol. The van der Waals surface area contributed by atoms with E-state index in [4.69, 9.17) is 9.68 Å². The maximum absolute atomic E-state index is 8.71. The Morgan fingerprint density at radius 3 is 2.89 bits per heavy atom. The van der Waals surface area contributed by atoms with Gasteiger partial charge < -0.3 is 4.42 Å². The normalized spacial score (nSPS) is 12.3. The lowest BCUT2D eigenvalue weighted by molar-refractivity contribution is 0.231. The number of rotatable bonds is 4. The summed E-state index contributed by atoms with van der Waals surface area (Å²) in [6, 6.07) is 9.75. The van der Waals surface area contributed by atoms with Crippen LogP contribution < -0.4 is 0 Å². The zero-order chi connectivity index (χ0) is 13.0. The fraction of sp³-hybridized carbons (Fsp3) is 0.286. The molecule has 18 heavy (non-hydrogen) atoms. The van der Waals surface area contributed by atoms with Crippen LogP contribution in [0.5, 0.6) is 0 Å². The van der Waals surface area contributed by atoms with Gasteiger partial charge in [-0.3, -0.25) is 9.88 Å². The van der Waals surface area contributed by atoms with E-state index in [-0.39, 0.29) is 6.04 Å². The second-order valence-corrected chi connectivity index (χ2v) is 4.26. The maximum Gasteiger partial charge on any atom is 0.203 e. The van der Waals surface area contributed by atoms with Crippen molar-refractivity contribution in [2.24, 2.45) is 0 Å². The van der Waals surface area contributed by atoms with Crippen LogP contribution in [-0.4, -0.2) is 16.9 Å².